The average Bonchev–Trinajstić information content (AvgIpc) is 2.51. The Morgan fingerprint density at radius 3 is 1.96 bits per heavy atom. The van der Waals surface area contributed by atoms with E-state index < -0.39 is 13.5 Å². The quantitative estimate of drug-likeness (QED) is 0.552. The molecule has 0 radical (unpaired) electrons. The lowest BCUT2D eigenvalue weighted by Gasteiger charge is -2.17. The lowest BCUT2D eigenvalue weighted by atomic mass is 10.2. The number of halogens is 3. The number of hydrogen-bond acceptors (Lipinski definition) is 3. The minimum atomic E-state index is -3.45. The first-order valence-electron chi connectivity index (χ1n) is 7.52. The monoisotopic (exact) mass is 423 g/mol. The predicted molar refractivity (Wildman–Crippen MR) is 106 cm³/mol. The van der Waals surface area contributed by atoms with E-state index in [-0.39, 0.29) is 31.3 Å². The Hall–Kier alpha value is -0.580. The summed E-state index contributed by atoms with van der Waals surface area (Å²) in [6, 6.07) is 14.2. The van der Waals surface area contributed by atoms with Gasteiger partial charge in [0, 0.05) is 29.3 Å². The van der Waals surface area contributed by atoms with Gasteiger partial charge in [-0.3, -0.25) is 4.57 Å². The summed E-state index contributed by atoms with van der Waals surface area (Å²) in [6.45, 7) is 0.801. The molecule has 0 aliphatic carbocycles. The lowest BCUT2D eigenvalue weighted by Crippen LogP contribution is -2.29. The van der Waals surface area contributed by atoms with Crippen LogP contribution in [0.4, 0.5) is 0 Å². The van der Waals surface area contributed by atoms with Gasteiger partial charge in [0.25, 0.3) is 0 Å². The fraction of sp³-hybridized carbons (Fsp3) is 0.294. The van der Waals surface area contributed by atoms with E-state index in [1.165, 1.54) is 0 Å². The molecule has 0 fully saturated rings. The van der Waals surface area contributed by atoms with Crippen LogP contribution in [0, 0.1) is 0 Å². The molecule has 4 nitrogen and oxygen atoms in total. The van der Waals surface area contributed by atoms with Gasteiger partial charge in [-0.05, 0) is 35.4 Å². The molecule has 3 N–H and O–H groups in total. The molecule has 2 atom stereocenters. The molecule has 0 heterocycles. The largest absolute Gasteiger partial charge is 0.391 e. The third-order valence-electron chi connectivity index (χ3n) is 3.46. The molecule has 0 aromatic heterocycles. The smallest absolute Gasteiger partial charge is 0.207 e. The minimum Gasteiger partial charge on any atom is -0.391 e. The van der Waals surface area contributed by atoms with Gasteiger partial charge in [-0.15, -0.1) is 12.4 Å². The van der Waals surface area contributed by atoms with Crippen molar-refractivity contribution in [1.82, 2.24) is 5.32 Å². The molecule has 0 saturated carbocycles. The summed E-state index contributed by atoms with van der Waals surface area (Å²) in [5.74, 6) is 0. The third-order valence-corrected chi connectivity index (χ3v) is 5.82. The van der Waals surface area contributed by atoms with Crippen LogP contribution in [0.5, 0.6) is 0 Å². The maximum Gasteiger partial charge on any atom is 0.207 e. The van der Waals surface area contributed by atoms with Gasteiger partial charge in [-0.25, -0.2) is 0 Å². The number of nitrogens with one attached hydrogen (secondary N) is 1. The zero-order chi connectivity index (χ0) is 17.6. The van der Waals surface area contributed by atoms with Gasteiger partial charge in [-0.2, -0.15) is 0 Å². The lowest BCUT2D eigenvalue weighted by molar-refractivity contribution is 0.190. The topological polar surface area (TPSA) is 69.6 Å². The number of hydrogen-bond donors (Lipinski definition) is 3. The van der Waals surface area contributed by atoms with E-state index in [9.17, 15) is 14.6 Å². The van der Waals surface area contributed by atoms with Crippen LogP contribution in [-0.2, 0) is 17.3 Å². The molecular formula is C17H21Cl3NO3P. The molecule has 0 aliphatic rings. The highest BCUT2D eigenvalue weighted by atomic mass is 35.5. The van der Waals surface area contributed by atoms with Crippen LogP contribution in [0.25, 0.3) is 0 Å². The van der Waals surface area contributed by atoms with Gasteiger partial charge in [0.05, 0.1) is 12.3 Å². The Morgan fingerprint density at radius 2 is 1.44 bits per heavy atom. The molecule has 8 heteroatoms. The summed E-state index contributed by atoms with van der Waals surface area (Å²) in [5, 5.41) is 14.3. The highest BCUT2D eigenvalue weighted by Crippen LogP contribution is 2.44. The van der Waals surface area contributed by atoms with Crippen molar-refractivity contribution in [2.75, 3.05) is 12.7 Å². The average molecular weight is 425 g/mol. The molecule has 0 aliphatic heterocycles. The second kappa shape index (κ2) is 10.5. The first-order chi connectivity index (χ1) is 11.3. The van der Waals surface area contributed by atoms with E-state index in [1.54, 1.807) is 36.4 Å². The number of aliphatic hydroxyl groups excluding tert-OH is 1. The molecule has 0 spiro atoms. The van der Waals surface area contributed by atoms with Crippen LogP contribution in [0.3, 0.4) is 0 Å². The summed E-state index contributed by atoms with van der Waals surface area (Å²) in [6.07, 6.45) is -1.01. The van der Waals surface area contributed by atoms with Crippen molar-refractivity contribution in [3.05, 3.63) is 69.7 Å². The summed E-state index contributed by atoms with van der Waals surface area (Å²) in [4.78, 5) is 10.1. The predicted octanol–water partition coefficient (Wildman–Crippen LogP) is 4.34. The Kier molecular flexibility index (Phi) is 9.47. The molecular weight excluding hydrogens is 404 g/mol. The molecule has 2 rings (SSSR count). The summed E-state index contributed by atoms with van der Waals surface area (Å²) in [5.41, 5.74) is 1.76. The Balaban J connectivity index is 0.00000312. The number of benzene rings is 2. The van der Waals surface area contributed by atoms with Crippen LogP contribution in [0.1, 0.15) is 11.1 Å². The highest BCUT2D eigenvalue weighted by molar-refractivity contribution is 7.57. The van der Waals surface area contributed by atoms with Gasteiger partial charge in [0.15, 0.2) is 0 Å². The van der Waals surface area contributed by atoms with Crippen molar-refractivity contribution in [2.45, 2.75) is 18.8 Å². The van der Waals surface area contributed by atoms with Gasteiger partial charge >= 0.3 is 0 Å². The zero-order valence-electron chi connectivity index (χ0n) is 13.4. The molecule has 25 heavy (non-hydrogen) atoms. The summed E-state index contributed by atoms with van der Waals surface area (Å²) >= 11 is 11.6. The van der Waals surface area contributed by atoms with E-state index in [0.29, 0.717) is 16.6 Å². The first-order valence-corrected chi connectivity index (χ1v) is 10.3. The number of rotatable bonds is 8. The van der Waals surface area contributed by atoms with Crippen LogP contribution in [0.2, 0.25) is 10.0 Å². The Bertz CT molecular complexity index is 695. The first kappa shape index (κ1) is 22.5. The van der Waals surface area contributed by atoms with Crippen molar-refractivity contribution in [2.24, 2.45) is 0 Å². The van der Waals surface area contributed by atoms with Gasteiger partial charge in [0.2, 0.25) is 7.37 Å². The maximum atomic E-state index is 12.3. The molecule has 138 valence electrons. The van der Waals surface area contributed by atoms with Gasteiger partial charge in [0.1, 0.15) is 0 Å². The van der Waals surface area contributed by atoms with Crippen molar-refractivity contribution in [3.63, 3.8) is 0 Å². The second-order valence-electron chi connectivity index (χ2n) is 5.72. The molecule has 2 aromatic carbocycles. The van der Waals surface area contributed by atoms with E-state index in [4.69, 9.17) is 23.2 Å². The third kappa shape index (κ3) is 8.57. The van der Waals surface area contributed by atoms with E-state index in [1.807, 2.05) is 12.1 Å². The van der Waals surface area contributed by atoms with E-state index in [2.05, 4.69) is 5.32 Å². The van der Waals surface area contributed by atoms with E-state index >= 15 is 0 Å². The van der Waals surface area contributed by atoms with Gasteiger partial charge < -0.3 is 15.3 Å². The van der Waals surface area contributed by atoms with Crippen LogP contribution < -0.4 is 5.32 Å². The normalized spacial score (nSPS) is 14.4. The highest BCUT2D eigenvalue weighted by Gasteiger charge is 2.23. The molecule has 2 aromatic rings. The fourth-order valence-corrected chi connectivity index (χ4v) is 4.27. The Labute approximate surface area is 164 Å². The second-order valence-corrected chi connectivity index (χ2v) is 8.97. The van der Waals surface area contributed by atoms with Gasteiger partial charge in [-0.1, -0.05) is 47.5 Å². The van der Waals surface area contributed by atoms with E-state index in [0.717, 1.165) is 11.1 Å². The molecule has 0 amide bonds. The maximum absolute atomic E-state index is 12.3. The van der Waals surface area contributed by atoms with Crippen molar-refractivity contribution >= 4 is 43.0 Å². The van der Waals surface area contributed by atoms with Crippen molar-refractivity contribution in [3.8, 4) is 0 Å². The fourth-order valence-electron chi connectivity index (χ4n) is 2.32. The summed E-state index contributed by atoms with van der Waals surface area (Å²) in [7, 11) is -3.45. The van der Waals surface area contributed by atoms with Crippen LogP contribution >= 0.6 is 43.0 Å². The molecule has 1 unspecified atom stereocenters. The standard InChI is InChI=1S/C17H20Cl2NO3P.ClH/c18-15-5-1-13(2-6-15)9-20-10-17(21)12-24(22,23)11-14-3-7-16(19)8-4-14;/h1-8,17,20-21H,9-12H2,(H,22,23);1H/t17-;/m1./s1. The molecule has 0 saturated heterocycles. The number of aliphatic hydroxyl groups is 1. The summed E-state index contributed by atoms with van der Waals surface area (Å²) < 4.78 is 12.3. The van der Waals surface area contributed by atoms with Crippen LogP contribution in [-0.4, -0.2) is 28.8 Å². The zero-order valence-corrected chi connectivity index (χ0v) is 16.7. The molecule has 0 bridgehead atoms. The van der Waals surface area contributed by atoms with Crippen molar-refractivity contribution < 1.29 is 14.6 Å². The SMILES string of the molecule is Cl.O=P(O)(Cc1ccc(Cl)cc1)C[C@H](O)CNCc1ccc(Cl)cc1. The van der Waals surface area contributed by atoms with Crippen LogP contribution in [0.15, 0.2) is 48.5 Å². The van der Waals surface area contributed by atoms with Crippen molar-refractivity contribution in [1.29, 1.82) is 0 Å². The Morgan fingerprint density at radius 1 is 0.960 bits per heavy atom. The minimum absolute atomic E-state index is 0.